The first-order chi connectivity index (χ1) is 15.3. The van der Waals surface area contributed by atoms with Crippen molar-refractivity contribution in [1.29, 1.82) is 0 Å². The maximum atomic E-state index is 6.03. The van der Waals surface area contributed by atoms with Crippen LogP contribution in [0.3, 0.4) is 0 Å². The van der Waals surface area contributed by atoms with E-state index in [2.05, 4.69) is 20.8 Å². The molecule has 1 heteroatoms. The first kappa shape index (κ1) is 31.0. The summed E-state index contributed by atoms with van der Waals surface area (Å²) in [6, 6.07) is 0. The van der Waals surface area contributed by atoms with Gasteiger partial charge in [0.05, 0.1) is 6.10 Å². The van der Waals surface area contributed by atoms with Gasteiger partial charge < -0.3 is 4.74 Å². The van der Waals surface area contributed by atoms with Crippen molar-refractivity contribution >= 4 is 0 Å². The van der Waals surface area contributed by atoms with Crippen LogP contribution in [-0.4, -0.2) is 12.7 Å². The fourth-order valence-corrected chi connectivity index (χ4v) is 4.58. The van der Waals surface area contributed by atoms with Gasteiger partial charge >= 0.3 is 0 Å². The molecule has 0 aromatic carbocycles. The third-order valence-corrected chi connectivity index (χ3v) is 6.86. The minimum atomic E-state index is 0.468. The van der Waals surface area contributed by atoms with Gasteiger partial charge in [0.1, 0.15) is 0 Å². The topological polar surface area (TPSA) is 9.23 Å². The predicted octanol–water partition coefficient (Wildman–Crippen LogP) is 11.2. The van der Waals surface area contributed by atoms with E-state index in [1.165, 1.54) is 161 Å². The molecule has 1 nitrogen and oxygen atoms in total. The monoisotopic (exact) mass is 438 g/mol. The number of ether oxygens (including phenoxy) is 1. The van der Waals surface area contributed by atoms with E-state index in [-0.39, 0.29) is 0 Å². The molecule has 0 rings (SSSR count). The Labute approximate surface area is 198 Å². The molecule has 0 saturated carbocycles. The van der Waals surface area contributed by atoms with E-state index in [4.69, 9.17) is 4.74 Å². The molecule has 0 saturated heterocycles. The van der Waals surface area contributed by atoms with Crippen LogP contribution in [0.1, 0.15) is 181 Å². The van der Waals surface area contributed by atoms with Crippen molar-refractivity contribution in [2.75, 3.05) is 6.61 Å². The average Bonchev–Trinajstić information content (AvgIpc) is 2.77. The van der Waals surface area contributed by atoms with Crippen molar-refractivity contribution in [3.8, 4) is 0 Å². The van der Waals surface area contributed by atoms with Gasteiger partial charge in [0, 0.05) is 6.61 Å². The third kappa shape index (κ3) is 27.9. The predicted molar refractivity (Wildman–Crippen MR) is 142 cm³/mol. The van der Waals surface area contributed by atoms with E-state index in [1.54, 1.807) is 0 Å². The van der Waals surface area contributed by atoms with Crippen molar-refractivity contribution in [2.45, 2.75) is 187 Å². The fraction of sp³-hybridized carbons (Fsp3) is 1.00. The molecule has 0 bridgehead atoms. The van der Waals surface area contributed by atoms with E-state index in [1.807, 2.05) is 0 Å². The Balaban J connectivity index is 3.12. The Kier molecular flexibility index (Phi) is 28.0. The summed E-state index contributed by atoms with van der Waals surface area (Å²) in [6.45, 7) is 7.85. The van der Waals surface area contributed by atoms with Gasteiger partial charge in [0.2, 0.25) is 0 Å². The third-order valence-electron chi connectivity index (χ3n) is 6.86. The molecule has 0 spiro atoms. The maximum absolute atomic E-state index is 6.03. The SMILES string of the molecule is CCCCCCCCCCCCCCCCC(C)OCCCCCCCCCCCC. The van der Waals surface area contributed by atoms with Crippen LogP contribution in [-0.2, 0) is 4.74 Å². The van der Waals surface area contributed by atoms with Gasteiger partial charge in [-0.25, -0.2) is 0 Å². The first-order valence-corrected chi connectivity index (χ1v) is 14.9. The minimum Gasteiger partial charge on any atom is -0.379 e. The summed E-state index contributed by atoms with van der Waals surface area (Å²) in [4.78, 5) is 0. The second-order valence-corrected chi connectivity index (χ2v) is 10.2. The average molecular weight is 439 g/mol. The lowest BCUT2D eigenvalue weighted by atomic mass is 10.0. The molecule has 0 N–H and O–H groups in total. The lowest BCUT2D eigenvalue weighted by molar-refractivity contribution is 0.0557. The summed E-state index contributed by atoms with van der Waals surface area (Å²) in [5.41, 5.74) is 0. The molecule has 1 unspecified atom stereocenters. The second-order valence-electron chi connectivity index (χ2n) is 10.2. The normalized spacial score (nSPS) is 12.5. The van der Waals surface area contributed by atoms with E-state index in [9.17, 15) is 0 Å². The number of rotatable bonds is 27. The van der Waals surface area contributed by atoms with Crippen LogP contribution in [0, 0.1) is 0 Å². The first-order valence-electron chi connectivity index (χ1n) is 14.9. The summed E-state index contributed by atoms with van der Waals surface area (Å²) in [5, 5.41) is 0. The van der Waals surface area contributed by atoms with Crippen LogP contribution in [0.15, 0.2) is 0 Å². The molecule has 188 valence electrons. The number of unbranched alkanes of at least 4 members (excludes halogenated alkanes) is 22. The zero-order valence-corrected chi connectivity index (χ0v) is 22.4. The van der Waals surface area contributed by atoms with E-state index < -0.39 is 0 Å². The summed E-state index contributed by atoms with van der Waals surface area (Å²) >= 11 is 0. The van der Waals surface area contributed by atoms with Gasteiger partial charge in [-0.3, -0.25) is 0 Å². The Morgan fingerprint density at radius 1 is 0.387 bits per heavy atom. The second kappa shape index (κ2) is 28.0. The van der Waals surface area contributed by atoms with E-state index >= 15 is 0 Å². The van der Waals surface area contributed by atoms with Crippen molar-refractivity contribution in [1.82, 2.24) is 0 Å². The van der Waals surface area contributed by atoms with Crippen LogP contribution in [0.4, 0.5) is 0 Å². The van der Waals surface area contributed by atoms with Crippen LogP contribution < -0.4 is 0 Å². The molecule has 0 fully saturated rings. The lowest BCUT2D eigenvalue weighted by Crippen LogP contribution is -2.09. The molecule has 0 aliphatic rings. The smallest absolute Gasteiger partial charge is 0.0547 e. The molecule has 0 aromatic heterocycles. The molecule has 0 radical (unpaired) electrons. The summed E-state index contributed by atoms with van der Waals surface area (Å²) < 4.78 is 6.03. The highest BCUT2D eigenvalue weighted by Gasteiger charge is 2.02. The van der Waals surface area contributed by atoms with Gasteiger partial charge in [0.25, 0.3) is 0 Å². The molecule has 0 aliphatic carbocycles. The summed E-state index contributed by atoms with van der Waals surface area (Å²) in [6.07, 6.45) is 36.0. The molecule has 0 heterocycles. The van der Waals surface area contributed by atoms with Crippen molar-refractivity contribution in [3.63, 3.8) is 0 Å². The van der Waals surface area contributed by atoms with Gasteiger partial charge in [-0.2, -0.15) is 0 Å². The van der Waals surface area contributed by atoms with Gasteiger partial charge in [0.15, 0.2) is 0 Å². The molecule has 0 amide bonds. The summed E-state index contributed by atoms with van der Waals surface area (Å²) in [7, 11) is 0. The van der Waals surface area contributed by atoms with Crippen molar-refractivity contribution < 1.29 is 4.74 Å². The highest BCUT2D eigenvalue weighted by atomic mass is 16.5. The van der Waals surface area contributed by atoms with Gasteiger partial charge in [-0.1, -0.05) is 162 Å². The Morgan fingerprint density at radius 3 is 1.03 bits per heavy atom. The Morgan fingerprint density at radius 2 is 0.677 bits per heavy atom. The Bertz CT molecular complexity index is 301. The fourth-order valence-electron chi connectivity index (χ4n) is 4.58. The number of hydrogen-bond acceptors (Lipinski definition) is 1. The molecular weight excluding hydrogens is 376 g/mol. The van der Waals surface area contributed by atoms with Crippen LogP contribution >= 0.6 is 0 Å². The molecule has 1 atom stereocenters. The quantitative estimate of drug-likeness (QED) is 0.116. The lowest BCUT2D eigenvalue weighted by Gasteiger charge is -2.13. The largest absolute Gasteiger partial charge is 0.379 e. The summed E-state index contributed by atoms with van der Waals surface area (Å²) in [5.74, 6) is 0. The van der Waals surface area contributed by atoms with Crippen LogP contribution in [0.25, 0.3) is 0 Å². The Hall–Kier alpha value is -0.0400. The zero-order valence-electron chi connectivity index (χ0n) is 22.4. The maximum Gasteiger partial charge on any atom is 0.0547 e. The van der Waals surface area contributed by atoms with Gasteiger partial charge in [-0.05, 0) is 19.8 Å². The van der Waals surface area contributed by atoms with Crippen molar-refractivity contribution in [2.24, 2.45) is 0 Å². The van der Waals surface area contributed by atoms with Gasteiger partial charge in [-0.15, -0.1) is 0 Å². The van der Waals surface area contributed by atoms with E-state index in [0.717, 1.165) is 6.61 Å². The standard InChI is InChI=1S/C30H62O/c1-4-6-8-10-12-14-16-17-18-19-20-22-24-26-28-30(3)31-29-27-25-23-21-15-13-11-9-7-5-2/h30H,4-29H2,1-3H3. The minimum absolute atomic E-state index is 0.468. The van der Waals surface area contributed by atoms with Crippen LogP contribution in [0.2, 0.25) is 0 Å². The molecule has 0 aromatic rings. The number of hydrogen-bond donors (Lipinski definition) is 0. The highest BCUT2D eigenvalue weighted by molar-refractivity contribution is 4.54. The van der Waals surface area contributed by atoms with E-state index in [0.29, 0.717) is 6.10 Å². The molecule has 0 aliphatic heterocycles. The van der Waals surface area contributed by atoms with Crippen molar-refractivity contribution in [3.05, 3.63) is 0 Å². The highest BCUT2D eigenvalue weighted by Crippen LogP contribution is 2.15. The zero-order chi connectivity index (χ0) is 22.7. The van der Waals surface area contributed by atoms with Crippen LogP contribution in [0.5, 0.6) is 0 Å². The molecular formula is C30H62O. The molecule has 31 heavy (non-hydrogen) atoms.